The lowest BCUT2D eigenvalue weighted by Gasteiger charge is -2.39. The molecule has 8 heteroatoms. The molecule has 0 atom stereocenters. The summed E-state index contributed by atoms with van der Waals surface area (Å²) in [6.45, 7) is 8.92. The molecule has 0 saturated carbocycles. The first-order valence-corrected chi connectivity index (χ1v) is 9.11. The average Bonchev–Trinajstić information content (AvgIpc) is 2.29. The van der Waals surface area contributed by atoms with Gasteiger partial charge in [-0.15, -0.1) is 0 Å². The third kappa shape index (κ3) is 4.76. The fourth-order valence-electron chi connectivity index (χ4n) is 1.28. The highest BCUT2D eigenvalue weighted by atomic mass is 31.2. The van der Waals surface area contributed by atoms with Gasteiger partial charge in [0.2, 0.25) is 15.2 Å². The molecule has 0 N–H and O–H groups in total. The van der Waals surface area contributed by atoms with Crippen LogP contribution in [0, 0.1) is 5.40 Å². The van der Waals surface area contributed by atoms with Crippen molar-refractivity contribution in [2.45, 2.75) is 34.6 Å². The fourth-order valence-corrected chi connectivity index (χ4v) is 5.43. The van der Waals surface area contributed by atoms with Gasteiger partial charge in [0.05, 0.1) is 26.4 Å². The van der Waals surface area contributed by atoms with Gasteiger partial charge in [0, 0.05) is 0 Å². The number of rotatable bonds is 10. The lowest BCUT2D eigenvalue weighted by molar-refractivity contribution is 0.207. The van der Waals surface area contributed by atoms with Gasteiger partial charge in [0.1, 0.15) is 0 Å². The Labute approximate surface area is 109 Å². The second kappa shape index (κ2) is 8.47. The highest BCUT2D eigenvalue weighted by Gasteiger charge is 2.34. The molecule has 0 bridgehead atoms. The molecule has 0 heterocycles. The summed E-state index contributed by atoms with van der Waals surface area (Å²) >= 11 is 0. The molecule has 18 heavy (non-hydrogen) atoms. The first kappa shape index (κ1) is 18.3. The Morgan fingerprint density at radius 2 is 0.944 bits per heavy atom. The van der Waals surface area contributed by atoms with Crippen molar-refractivity contribution in [1.82, 2.24) is 0 Å². The maximum absolute atomic E-state index is 12.5. The Balaban J connectivity index is 5.18. The van der Waals surface area contributed by atoms with Crippen LogP contribution in [0.4, 0.5) is 0 Å². The minimum absolute atomic E-state index is 0.00222. The van der Waals surface area contributed by atoms with Crippen molar-refractivity contribution in [3.05, 3.63) is 5.40 Å². The number of hydrogen-bond donors (Lipinski definition) is 0. The molecule has 0 rings (SSSR count). The lowest BCUT2D eigenvalue weighted by Crippen LogP contribution is -2.08. The molecular weight excluding hydrogens is 278 g/mol. The van der Waals surface area contributed by atoms with Gasteiger partial charge in [-0.05, 0) is 27.7 Å². The molecule has 0 aliphatic rings. The van der Waals surface area contributed by atoms with Gasteiger partial charge in [0.25, 0.3) is 0 Å². The van der Waals surface area contributed by atoms with E-state index in [1.807, 2.05) is 0 Å². The third-order valence-electron chi connectivity index (χ3n) is 1.99. The van der Waals surface area contributed by atoms with E-state index in [9.17, 15) is 9.13 Å². The third-order valence-corrected chi connectivity index (χ3v) is 7.44. The van der Waals surface area contributed by atoms with Crippen LogP contribution in [0.15, 0.2) is 0 Å². The summed E-state index contributed by atoms with van der Waals surface area (Å²) < 4.78 is 45.5. The van der Waals surface area contributed by atoms with Gasteiger partial charge in [-0.1, -0.05) is 5.40 Å². The second-order valence-electron chi connectivity index (χ2n) is 3.21. The average molecular weight is 301 g/mol. The Morgan fingerprint density at radius 3 is 1.11 bits per heavy atom. The molecule has 0 radical (unpaired) electrons. The standard InChI is InChI=1S/C10H23O6P2/c1-6-13-17(11,14-7-2)10(5)18(12,15-8-3)16-9-4/h6-9H2,1-5H3/q-1. The Morgan fingerprint density at radius 1 is 0.722 bits per heavy atom. The highest BCUT2D eigenvalue weighted by molar-refractivity contribution is 7.76. The van der Waals surface area contributed by atoms with Gasteiger partial charge < -0.3 is 18.1 Å². The Bertz CT molecular complexity index is 269. The van der Waals surface area contributed by atoms with Crippen LogP contribution in [0.2, 0.25) is 0 Å². The van der Waals surface area contributed by atoms with Gasteiger partial charge in [-0.2, -0.15) is 6.92 Å². The lowest BCUT2D eigenvalue weighted by atomic mass is 10.9. The Hall–Kier alpha value is 0.300. The van der Waals surface area contributed by atoms with Crippen LogP contribution in [0.3, 0.4) is 0 Å². The second-order valence-corrected chi connectivity index (χ2v) is 7.93. The largest absolute Gasteiger partial charge is 0.331 e. The maximum Gasteiger partial charge on any atom is 0.201 e. The van der Waals surface area contributed by atoms with Gasteiger partial charge in [-0.25, -0.2) is 0 Å². The summed E-state index contributed by atoms with van der Waals surface area (Å²) in [5, 5.41) is 0.00222. The van der Waals surface area contributed by atoms with Crippen LogP contribution in [-0.4, -0.2) is 26.4 Å². The van der Waals surface area contributed by atoms with Crippen LogP contribution in [0.25, 0.3) is 0 Å². The molecule has 110 valence electrons. The van der Waals surface area contributed by atoms with Crippen molar-refractivity contribution in [3.8, 4) is 0 Å². The van der Waals surface area contributed by atoms with Crippen molar-refractivity contribution >= 4 is 15.2 Å². The van der Waals surface area contributed by atoms with E-state index in [-0.39, 0.29) is 31.8 Å². The molecular formula is C10H23O6P2-. The molecule has 0 aliphatic heterocycles. The van der Waals surface area contributed by atoms with E-state index in [1.165, 1.54) is 6.92 Å². The van der Waals surface area contributed by atoms with Crippen molar-refractivity contribution in [1.29, 1.82) is 0 Å². The minimum atomic E-state index is -3.59. The molecule has 0 unspecified atom stereocenters. The molecule has 6 nitrogen and oxygen atoms in total. The fraction of sp³-hybridized carbons (Fsp3) is 0.900. The summed E-state index contributed by atoms with van der Waals surface area (Å²) in [5.74, 6) is 0. The van der Waals surface area contributed by atoms with E-state index in [1.54, 1.807) is 27.7 Å². The van der Waals surface area contributed by atoms with E-state index in [0.29, 0.717) is 0 Å². The molecule has 0 spiro atoms. The molecule has 0 aliphatic carbocycles. The SMILES string of the molecule is CCOP(=O)(OCC)[C-](C)P(=O)(OCC)OCC. The van der Waals surface area contributed by atoms with Crippen molar-refractivity contribution < 1.29 is 27.2 Å². The van der Waals surface area contributed by atoms with Crippen LogP contribution in [0.5, 0.6) is 0 Å². The zero-order valence-corrected chi connectivity index (χ0v) is 13.5. The van der Waals surface area contributed by atoms with E-state index in [2.05, 4.69) is 0 Å². The highest BCUT2D eigenvalue weighted by Crippen LogP contribution is 2.75. The first-order chi connectivity index (χ1) is 8.40. The van der Waals surface area contributed by atoms with Crippen molar-refractivity contribution in [2.75, 3.05) is 26.4 Å². The zero-order chi connectivity index (χ0) is 14.2. The van der Waals surface area contributed by atoms with E-state index in [0.717, 1.165) is 0 Å². The normalized spacial score (nSPS) is 13.2. The van der Waals surface area contributed by atoms with Crippen LogP contribution in [-0.2, 0) is 27.2 Å². The molecule has 0 saturated heterocycles. The summed E-state index contributed by atoms with van der Waals surface area (Å²) in [5.41, 5.74) is 0. The molecule has 0 fully saturated rings. The predicted molar refractivity (Wildman–Crippen MR) is 70.6 cm³/mol. The monoisotopic (exact) mass is 301 g/mol. The van der Waals surface area contributed by atoms with Crippen LogP contribution >= 0.6 is 15.2 Å². The van der Waals surface area contributed by atoms with Crippen LogP contribution < -0.4 is 0 Å². The molecule has 0 aromatic carbocycles. The summed E-state index contributed by atoms with van der Waals surface area (Å²) in [4.78, 5) is 0. The topological polar surface area (TPSA) is 71.1 Å². The maximum atomic E-state index is 12.5. The molecule has 0 aromatic rings. The van der Waals surface area contributed by atoms with Crippen LogP contribution in [0.1, 0.15) is 34.6 Å². The summed E-state index contributed by atoms with van der Waals surface area (Å²) in [6, 6.07) is 0. The van der Waals surface area contributed by atoms with Crippen molar-refractivity contribution in [2.24, 2.45) is 0 Å². The molecule has 0 aromatic heterocycles. The zero-order valence-electron chi connectivity index (χ0n) is 11.7. The minimum Gasteiger partial charge on any atom is -0.331 e. The Kier molecular flexibility index (Phi) is 8.61. The predicted octanol–water partition coefficient (Wildman–Crippen LogP) is 4.03. The number of hydrogen-bond acceptors (Lipinski definition) is 6. The van der Waals surface area contributed by atoms with E-state index in [4.69, 9.17) is 18.1 Å². The quantitative estimate of drug-likeness (QED) is 0.448. The van der Waals surface area contributed by atoms with Gasteiger partial charge >= 0.3 is 0 Å². The van der Waals surface area contributed by atoms with Gasteiger partial charge in [0.15, 0.2) is 0 Å². The first-order valence-electron chi connectivity index (χ1n) is 6.03. The van der Waals surface area contributed by atoms with Crippen molar-refractivity contribution in [3.63, 3.8) is 0 Å². The smallest absolute Gasteiger partial charge is 0.201 e. The molecule has 0 amide bonds. The van der Waals surface area contributed by atoms with E-state index >= 15 is 0 Å². The van der Waals surface area contributed by atoms with E-state index < -0.39 is 15.2 Å². The summed E-state index contributed by atoms with van der Waals surface area (Å²) in [7, 11) is -7.18. The van der Waals surface area contributed by atoms with Gasteiger partial charge in [-0.3, -0.25) is 9.13 Å². The summed E-state index contributed by atoms with van der Waals surface area (Å²) in [6.07, 6.45) is 0.